The number of benzene rings is 2. The highest BCUT2D eigenvalue weighted by molar-refractivity contribution is 7.25. The van der Waals surface area contributed by atoms with Gasteiger partial charge in [-0.25, -0.2) is 0 Å². The van der Waals surface area contributed by atoms with E-state index in [9.17, 15) is 14.2 Å². The number of allylic oxidation sites excluding steroid dienone is 4. The van der Waals surface area contributed by atoms with Crippen molar-refractivity contribution in [1.82, 2.24) is 0 Å². The molecule has 0 spiro atoms. The molecule has 1 atom stereocenters. The van der Waals surface area contributed by atoms with E-state index in [-0.39, 0.29) is 20.0 Å². The van der Waals surface area contributed by atoms with E-state index in [4.69, 9.17) is 0 Å². The minimum absolute atomic E-state index is 0.257. The average molecular weight is 418 g/mol. The topological polar surface area (TPSA) is 51.2 Å². The molecular formula is C26H27O3P. The molecule has 0 saturated carbocycles. The second-order valence-electron chi connectivity index (χ2n) is 8.37. The van der Waals surface area contributed by atoms with Crippen molar-refractivity contribution in [1.29, 1.82) is 0 Å². The maximum Gasteiger partial charge on any atom is 0.182 e. The van der Waals surface area contributed by atoms with Gasteiger partial charge >= 0.3 is 0 Å². The fourth-order valence-corrected chi connectivity index (χ4v) is 5.42. The molecule has 0 bridgehead atoms. The molecule has 0 N–H and O–H groups in total. The van der Waals surface area contributed by atoms with E-state index in [1.165, 1.54) is 0 Å². The summed E-state index contributed by atoms with van der Waals surface area (Å²) >= 11 is 0. The molecule has 0 fully saturated rings. The van der Waals surface area contributed by atoms with Gasteiger partial charge in [0.05, 0.1) is 5.66 Å². The Bertz CT molecular complexity index is 1010. The number of aryl methyl sites for hydroxylation is 6. The molecule has 154 valence electrons. The Balaban J connectivity index is 2.31. The second kappa shape index (κ2) is 8.24. The Hall–Kier alpha value is -2.64. The first kappa shape index (κ1) is 22.1. The molecule has 0 saturated heterocycles. The first-order valence-electron chi connectivity index (χ1n) is 10.1. The lowest BCUT2D eigenvalue weighted by Crippen LogP contribution is -2.46. The molecule has 0 radical (unpaired) electrons. The van der Waals surface area contributed by atoms with Gasteiger partial charge in [-0.3, -0.25) is 14.2 Å². The minimum Gasteiger partial charge on any atom is -0.293 e. The number of Topliss-reactive ketones (excluding diaryl/α,β-unsaturated/α-hetero) is 2. The zero-order chi connectivity index (χ0) is 22.2. The Morgan fingerprint density at radius 1 is 0.733 bits per heavy atom. The van der Waals surface area contributed by atoms with Gasteiger partial charge in [0.15, 0.2) is 20.0 Å². The van der Waals surface area contributed by atoms with Gasteiger partial charge in [0.1, 0.15) is 5.41 Å². The van der Waals surface area contributed by atoms with Crippen molar-refractivity contribution in [2.75, 3.05) is 0 Å². The summed E-state index contributed by atoms with van der Waals surface area (Å²) in [5.74, 6) is -0.591. The van der Waals surface area contributed by atoms with Crippen LogP contribution in [0.4, 0.5) is 0 Å². The summed E-state index contributed by atoms with van der Waals surface area (Å²) in [6, 6.07) is 7.81. The number of hydrogen-bond donors (Lipinski definition) is 0. The molecule has 30 heavy (non-hydrogen) atoms. The normalized spacial score (nSPS) is 17.3. The second-order valence-corrected chi connectivity index (χ2v) is 9.14. The van der Waals surface area contributed by atoms with Crippen molar-refractivity contribution in [2.45, 2.75) is 47.2 Å². The summed E-state index contributed by atoms with van der Waals surface area (Å²) in [6.07, 6.45) is 6.81. The maximum atomic E-state index is 14.1. The van der Waals surface area contributed by atoms with Gasteiger partial charge in [0.25, 0.3) is 0 Å². The lowest BCUT2D eigenvalue weighted by Gasteiger charge is -2.34. The first-order chi connectivity index (χ1) is 14.1. The van der Waals surface area contributed by atoms with Gasteiger partial charge in [0, 0.05) is 11.1 Å². The highest BCUT2D eigenvalue weighted by atomic mass is 31.1. The van der Waals surface area contributed by atoms with E-state index in [0.29, 0.717) is 11.1 Å². The summed E-state index contributed by atoms with van der Waals surface area (Å²) in [7, 11) is -0.257. The molecule has 3 rings (SSSR count). The van der Waals surface area contributed by atoms with Crippen LogP contribution in [0.3, 0.4) is 0 Å². The fraction of sp³-hybridized carbons (Fsp3) is 0.308. The lowest BCUT2D eigenvalue weighted by molar-refractivity contribution is 0.0730. The van der Waals surface area contributed by atoms with E-state index in [1.807, 2.05) is 65.8 Å². The SMILES string of the molecule is Cc1cc(C)c(C(=O)C2(C(=O)c3c(C)cc(C)cc3C)C=CC=CC2P=O)c(C)c1. The lowest BCUT2D eigenvalue weighted by atomic mass is 9.67. The molecule has 1 unspecified atom stereocenters. The van der Waals surface area contributed by atoms with Crippen molar-refractivity contribution in [3.8, 4) is 0 Å². The predicted molar refractivity (Wildman–Crippen MR) is 122 cm³/mol. The molecule has 0 aromatic heterocycles. The molecule has 1 aliphatic carbocycles. The van der Waals surface area contributed by atoms with Crippen LogP contribution in [0.25, 0.3) is 0 Å². The standard InChI is InChI=1S/C26H27O3P/c1-15-11-17(3)22(18(4)12-15)24(27)26(10-8-7-9-21(26)30-29)25(28)23-19(5)13-16(2)14-20(23)6/h7-14,21H,1-6H3. The van der Waals surface area contributed by atoms with Gasteiger partial charge in [-0.2, -0.15) is 0 Å². The van der Waals surface area contributed by atoms with Crippen LogP contribution in [0.1, 0.15) is 54.1 Å². The smallest absolute Gasteiger partial charge is 0.182 e. The molecule has 0 amide bonds. The molecule has 2 aromatic carbocycles. The van der Waals surface area contributed by atoms with Crippen molar-refractivity contribution < 1.29 is 14.2 Å². The van der Waals surface area contributed by atoms with Gasteiger partial charge in [-0.05, 0) is 63.8 Å². The molecular weight excluding hydrogens is 391 g/mol. The Morgan fingerprint density at radius 2 is 1.13 bits per heavy atom. The number of ketones is 2. The van der Waals surface area contributed by atoms with E-state index in [0.717, 1.165) is 33.4 Å². The zero-order valence-electron chi connectivity index (χ0n) is 18.4. The summed E-state index contributed by atoms with van der Waals surface area (Å²) in [5, 5.41) is 0. The Kier molecular flexibility index (Phi) is 6.06. The molecule has 3 nitrogen and oxygen atoms in total. The third-order valence-corrected chi connectivity index (χ3v) is 6.71. The first-order valence-corrected chi connectivity index (χ1v) is 11.0. The van der Waals surface area contributed by atoms with Crippen LogP contribution in [-0.2, 0) is 4.57 Å². The van der Waals surface area contributed by atoms with Crippen LogP contribution in [0.2, 0.25) is 0 Å². The molecule has 4 heteroatoms. The third kappa shape index (κ3) is 3.52. The van der Waals surface area contributed by atoms with Crippen LogP contribution >= 0.6 is 8.46 Å². The molecule has 0 aliphatic heterocycles. The summed E-state index contributed by atoms with van der Waals surface area (Å²) < 4.78 is 12.2. The highest BCUT2D eigenvalue weighted by Gasteiger charge is 2.52. The van der Waals surface area contributed by atoms with Crippen molar-refractivity contribution >= 4 is 20.0 Å². The average Bonchev–Trinajstić information content (AvgIpc) is 2.65. The van der Waals surface area contributed by atoms with Crippen LogP contribution in [0.5, 0.6) is 0 Å². The predicted octanol–water partition coefficient (Wildman–Crippen LogP) is 6.38. The maximum absolute atomic E-state index is 14.1. The van der Waals surface area contributed by atoms with E-state index in [1.54, 1.807) is 24.3 Å². The monoisotopic (exact) mass is 418 g/mol. The van der Waals surface area contributed by atoms with Gasteiger partial charge < -0.3 is 0 Å². The quantitative estimate of drug-likeness (QED) is 0.322. The summed E-state index contributed by atoms with van der Waals surface area (Å²) in [4.78, 5) is 28.2. The summed E-state index contributed by atoms with van der Waals surface area (Å²) in [5.41, 5.74) is 4.18. The number of carbonyl (C=O) groups excluding carboxylic acids is 2. The summed E-state index contributed by atoms with van der Waals surface area (Å²) in [6.45, 7) is 11.5. The molecule has 1 aliphatic rings. The van der Waals surface area contributed by atoms with Crippen LogP contribution in [0.15, 0.2) is 48.6 Å². The molecule has 2 aromatic rings. The van der Waals surface area contributed by atoms with Crippen molar-refractivity contribution in [2.24, 2.45) is 5.41 Å². The largest absolute Gasteiger partial charge is 0.293 e. The Labute approximate surface area is 180 Å². The van der Waals surface area contributed by atoms with E-state index < -0.39 is 11.1 Å². The Morgan fingerprint density at radius 3 is 1.50 bits per heavy atom. The third-order valence-electron chi connectivity index (χ3n) is 5.90. The van der Waals surface area contributed by atoms with Gasteiger partial charge in [-0.15, -0.1) is 0 Å². The zero-order valence-corrected chi connectivity index (χ0v) is 19.3. The number of hydrogen-bond acceptors (Lipinski definition) is 3. The van der Waals surface area contributed by atoms with Crippen LogP contribution in [-0.4, -0.2) is 17.2 Å². The fourth-order valence-electron chi connectivity index (χ4n) is 4.76. The number of carbonyl (C=O) groups is 2. The molecule has 0 heterocycles. The number of rotatable bonds is 5. The minimum atomic E-state index is -1.55. The van der Waals surface area contributed by atoms with Crippen molar-refractivity contribution in [3.63, 3.8) is 0 Å². The van der Waals surface area contributed by atoms with Crippen molar-refractivity contribution in [3.05, 3.63) is 93.1 Å². The van der Waals surface area contributed by atoms with Gasteiger partial charge in [0.2, 0.25) is 0 Å². The highest BCUT2D eigenvalue weighted by Crippen LogP contribution is 2.44. The van der Waals surface area contributed by atoms with Crippen LogP contribution < -0.4 is 0 Å². The van der Waals surface area contributed by atoms with E-state index in [2.05, 4.69) is 0 Å². The van der Waals surface area contributed by atoms with E-state index >= 15 is 0 Å². The van der Waals surface area contributed by atoms with Gasteiger partial charge in [-0.1, -0.05) is 59.7 Å². The van der Waals surface area contributed by atoms with Crippen LogP contribution in [0, 0.1) is 47.0 Å².